The molecule has 0 aliphatic rings. The van der Waals surface area contributed by atoms with Gasteiger partial charge in [-0.1, -0.05) is 48.5 Å². The Bertz CT molecular complexity index is 1200. The molecule has 0 radical (unpaired) electrons. The molecule has 1 heterocycles. The smallest absolute Gasteiger partial charge is 0.418 e. The Hall–Kier alpha value is -3.34. The topological polar surface area (TPSA) is 33.1 Å². The zero-order valence-electron chi connectivity index (χ0n) is 15.7. The van der Waals surface area contributed by atoms with E-state index in [0.29, 0.717) is 22.9 Å². The predicted molar refractivity (Wildman–Crippen MR) is 108 cm³/mol. The number of rotatable bonds is 3. The number of aromatic hydroxyl groups is 1. The van der Waals surface area contributed by atoms with Gasteiger partial charge in [0.05, 0.1) is 11.1 Å². The molecule has 3 aromatic carbocycles. The van der Waals surface area contributed by atoms with Crippen molar-refractivity contribution >= 4 is 10.9 Å². The average molecular weight is 393 g/mol. The van der Waals surface area contributed by atoms with Gasteiger partial charge in [-0.25, -0.2) is 0 Å². The van der Waals surface area contributed by atoms with Gasteiger partial charge in [-0.05, 0) is 59.4 Å². The summed E-state index contributed by atoms with van der Waals surface area (Å²) < 4.78 is 40.6. The number of phenols is 1. The maximum atomic E-state index is 13.5. The highest BCUT2D eigenvalue weighted by Gasteiger charge is 2.33. The molecule has 0 unspecified atom stereocenters. The molecular weight excluding hydrogens is 375 g/mol. The number of pyridine rings is 1. The van der Waals surface area contributed by atoms with Crippen molar-refractivity contribution in [2.75, 3.05) is 0 Å². The molecule has 0 aliphatic heterocycles. The molecule has 4 aromatic rings. The van der Waals surface area contributed by atoms with Crippen LogP contribution in [0.2, 0.25) is 0 Å². The Balaban J connectivity index is 2.01. The highest BCUT2D eigenvalue weighted by molar-refractivity contribution is 5.98. The largest absolute Gasteiger partial charge is 0.508 e. The van der Waals surface area contributed by atoms with Gasteiger partial charge in [-0.3, -0.25) is 4.98 Å². The van der Waals surface area contributed by atoms with Crippen LogP contribution in [0.15, 0.2) is 72.9 Å². The van der Waals surface area contributed by atoms with E-state index in [1.807, 2.05) is 31.2 Å². The van der Waals surface area contributed by atoms with Crippen molar-refractivity contribution < 1.29 is 18.3 Å². The number of alkyl halides is 3. The van der Waals surface area contributed by atoms with Gasteiger partial charge in [0.25, 0.3) is 0 Å². The van der Waals surface area contributed by atoms with Gasteiger partial charge in [0.2, 0.25) is 0 Å². The first-order valence-electron chi connectivity index (χ1n) is 9.16. The Morgan fingerprint density at radius 2 is 1.66 bits per heavy atom. The van der Waals surface area contributed by atoms with Crippen molar-refractivity contribution in [1.29, 1.82) is 0 Å². The van der Waals surface area contributed by atoms with E-state index < -0.39 is 11.7 Å². The van der Waals surface area contributed by atoms with Crippen LogP contribution in [0.5, 0.6) is 5.75 Å². The number of aromatic nitrogens is 1. The fourth-order valence-electron chi connectivity index (χ4n) is 3.64. The van der Waals surface area contributed by atoms with Gasteiger partial charge in [0, 0.05) is 11.6 Å². The minimum absolute atomic E-state index is 0.0567. The molecule has 0 saturated heterocycles. The van der Waals surface area contributed by atoms with E-state index in [9.17, 15) is 18.3 Å². The van der Waals surface area contributed by atoms with Crippen LogP contribution in [0, 0.1) is 6.92 Å². The zero-order chi connectivity index (χ0) is 20.6. The van der Waals surface area contributed by atoms with Crippen molar-refractivity contribution in [3.63, 3.8) is 0 Å². The van der Waals surface area contributed by atoms with Gasteiger partial charge < -0.3 is 5.11 Å². The molecule has 0 saturated carbocycles. The summed E-state index contributed by atoms with van der Waals surface area (Å²) in [5.41, 5.74) is 3.42. The van der Waals surface area contributed by atoms with Crippen LogP contribution in [0.3, 0.4) is 0 Å². The van der Waals surface area contributed by atoms with E-state index in [1.54, 1.807) is 24.3 Å². The Labute approximate surface area is 166 Å². The summed E-state index contributed by atoms with van der Waals surface area (Å²) >= 11 is 0. The number of aryl methyl sites for hydroxylation is 1. The molecule has 1 N–H and O–H groups in total. The minimum Gasteiger partial charge on any atom is -0.508 e. The van der Waals surface area contributed by atoms with Gasteiger partial charge in [-0.2, -0.15) is 13.2 Å². The second-order valence-electron chi connectivity index (χ2n) is 7.01. The summed E-state index contributed by atoms with van der Waals surface area (Å²) in [6.45, 7) is 2.00. The molecule has 5 heteroatoms. The van der Waals surface area contributed by atoms with E-state index >= 15 is 0 Å². The Kier molecular flexibility index (Phi) is 4.74. The molecule has 0 bridgehead atoms. The van der Waals surface area contributed by atoms with Crippen molar-refractivity contribution in [3.05, 3.63) is 95.2 Å². The summed E-state index contributed by atoms with van der Waals surface area (Å²) in [5, 5.41) is 10.4. The fraction of sp³-hybridized carbons (Fsp3) is 0.125. The molecule has 2 nitrogen and oxygen atoms in total. The first-order chi connectivity index (χ1) is 13.8. The Morgan fingerprint density at radius 3 is 2.38 bits per heavy atom. The van der Waals surface area contributed by atoms with E-state index in [1.165, 1.54) is 18.3 Å². The van der Waals surface area contributed by atoms with Crippen LogP contribution < -0.4 is 0 Å². The summed E-state index contributed by atoms with van der Waals surface area (Å²) in [7, 11) is 0. The van der Waals surface area contributed by atoms with Gasteiger partial charge in [0.15, 0.2) is 0 Å². The number of benzene rings is 3. The molecule has 0 spiro atoms. The van der Waals surface area contributed by atoms with Gasteiger partial charge in [-0.15, -0.1) is 0 Å². The van der Waals surface area contributed by atoms with E-state index in [-0.39, 0.29) is 11.3 Å². The second-order valence-corrected chi connectivity index (χ2v) is 7.01. The summed E-state index contributed by atoms with van der Waals surface area (Å²) in [5.74, 6) is 0.0567. The molecule has 0 atom stereocenters. The monoisotopic (exact) mass is 393 g/mol. The van der Waals surface area contributed by atoms with Crippen molar-refractivity contribution in [2.24, 2.45) is 0 Å². The van der Waals surface area contributed by atoms with Crippen LogP contribution >= 0.6 is 0 Å². The van der Waals surface area contributed by atoms with E-state index in [0.717, 1.165) is 22.8 Å². The van der Waals surface area contributed by atoms with E-state index in [2.05, 4.69) is 4.98 Å². The number of hydrogen-bond donors (Lipinski definition) is 1. The summed E-state index contributed by atoms with van der Waals surface area (Å²) in [6, 6.07) is 18.6. The third-order valence-corrected chi connectivity index (χ3v) is 5.06. The zero-order valence-corrected chi connectivity index (χ0v) is 15.7. The molecule has 0 fully saturated rings. The molecule has 4 rings (SSSR count). The molecule has 0 aliphatic carbocycles. The van der Waals surface area contributed by atoms with Crippen molar-refractivity contribution in [1.82, 2.24) is 4.98 Å². The lowest BCUT2D eigenvalue weighted by molar-refractivity contribution is -0.136. The van der Waals surface area contributed by atoms with Crippen molar-refractivity contribution in [3.8, 4) is 16.9 Å². The maximum Gasteiger partial charge on any atom is 0.418 e. The van der Waals surface area contributed by atoms with E-state index in [4.69, 9.17) is 0 Å². The minimum atomic E-state index is -4.50. The molecule has 29 heavy (non-hydrogen) atoms. The summed E-state index contributed by atoms with van der Waals surface area (Å²) in [6.07, 6.45) is -2.46. The van der Waals surface area contributed by atoms with Crippen LogP contribution in [-0.2, 0) is 12.6 Å². The molecule has 146 valence electrons. The van der Waals surface area contributed by atoms with Gasteiger partial charge in [0.1, 0.15) is 5.75 Å². The fourth-order valence-corrected chi connectivity index (χ4v) is 3.64. The van der Waals surface area contributed by atoms with Crippen LogP contribution in [0.1, 0.15) is 22.3 Å². The standard InChI is InChI=1S/C24H18F3NO/c1-15-6-2-3-7-16(15)12-18-14-28-23-20(10-5-11-21(23)24(25,26)27)22(18)17-8-4-9-19(29)13-17/h2-11,13-14,29H,12H2,1H3. The predicted octanol–water partition coefficient (Wildman–Crippen LogP) is 6.53. The number of phenolic OH excluding ortho intramolecular Hbond substituents is 1. The van der Waals surface area contributed by atoms with Crippen molar-refractivity contribution in [2.45, 2.75) is 19.5 Å². The second kappa shape index (κ2) is 7.24. The quantitative estimate of drug-likeness (QED) is 0.429. The Morgan fingerprint density at radius 1 is 0.897 bits per heavy atom. The molecular formula is C24H18F3NO. The lowest BCUT2D eigenvalue weighted by Gasteiger charge is -2.17. The van der Waals surface area contributed by atoms with Crippen LogP contribution in [0.25, 0.3) is 22.0 Å². The third-order valence-electron chi connectivity index (χ3n) is 5.06. The average Bonchev–Trinajstić information content (AvgIpc) is 2.68. The number of nitrogens with zero attached hydrogens (tertiary/aromatic N) is 1. The number of hydrogen-bond acceptors (Lipinski definition) is 2. The first-order valence-corrected chi connectivity index (χ1v) is 9.16. The summed E-state index contributed by atoms with van der Waals surface area (Å²) in [4.78, 5) is 4.20. The number of fused-ring (bicyclic) bond motifs is 1. The highest BCUT2D eigenvalue weighted by atomic mass is 19.4. The highest BCUT2D eigenvalue weighted by Crippen LogP contribution is 2.39. The lowest BCUT2D eigenvalue weighted by Crippen LogP contribution is -2.07. The maximum absolute atomic E-state index is 13.5. The first kappa shape index (κ1) is 19.0. The molecule has 1 aromatic heterocycles. The normalized spacial score (nSPS) is 11.7. The third kappa shape index (κ3) is 3.68. The van der Waals surface area contributed by atoms with Crippen LogP contribution in [-0.4, -0.2) is 10.1 Å². The number of halogens is 3. The van der Waals surface area contributed by atoms with Gasteiger partial charge >= 0.3 is 6.18 Å². The number of para-hydroxylation sites is 1. The molecule has 0 amide bonds. The lowest BCUT2D eigenvalue weighted by atomic mass is 9.91. The van der Waals surface area contributed by atoms with Crippen LogP contribution in [0.4, 0.5) is 13.2 Å². The SMILES string of the molecule is Cc1ccccc1Cc1cnc2c(C(F)(F)F)cccc2c1-c1cccc(O)c1.